The minimum Gasteiger partial charge on any atom is -0.483 e. The number of likely N-dealkylation sites (tertiary alicyclic amines) is 1. The zero-order valence-electron chi connectivity index (χ0n) is 20.0. The molecule has 1 saturated carbocycles. The maximum Gasteiger partial charge on any atom is 0.290 e. The first kappa shape index (κ1) is 24.4. The maximum absolute atomic E-state index is 13.6. The van der Waals surface area contributed by atoms with Crippen molar-refractivity contribution >= 4 is 28.8 Å². The normalized spacial score (nSPS) is 27.0. The Morgan fingerprint density at radius 1 is 1.03 bits per heavy atom. The van der Waals surface area contributed by atoms with E-state index in [1.165, 1.54) is 0 Å². The van der Waals surface area contributed by atoms with Crippen LogP contribution in [0.25, 0.3) is 10.8 Å². The third-order valence-corrected chi connectivity index (χ3v) is 7.52. The lowest BCUT2D eigenvalue weighted by atomic mass is 9.77. The molecule has 184 valence electrons. The summed E-state index contributed by atoms with van der Waals surface area (Å²) in [6.07, 6.45) is 1.45. The number of fused-ring (bicyclic) bond motifs is 2. The van der Waals surface area contributed by atoms with Crippen LogP contribution in [-0.4, -0.2) is 98.0 Å². The van der Waals surface area contributed by atoms with Gasteiger partial charge in [0.15, 0.2) is 0 Å². The first-order chi connectivity index (χ1) is 16.4. The van der Waals surface area contributed by atoms with Crippen LogP contribution < -0.4 is 4.90 Å². The average molecular weight is 470 g/mol. The molecule has 2 saturated heterocycles. The van der Waals surface area contributed by atoms with Crippen molar-refractivity contribution in [3.05, 3.63) is 42.0 Å². The Bertz CT molecular complexity index is 1010. The molecular formula is C26H35N3O5. The minimum absolute atomic E-state index is 0.119. The first-order valence-electron chi connectivity index (χ1n) is 12.0. The van der Waals surface area contributed by atoms with Gasteiger partial charge in [0.1, 0.15) is 0 Å². The molecule has 1 amide bonds. The molecular weight excluding hydrogens is 434 g/mol. The Morgan fingerprint density at radius 3 is 2.29 bits per heavy atom. The number of carbonyl (C=O) groups is 2. The van der Waals surface area contributed by atoms with Crippen LogP contribution in [0.15, 0.2) is 36.4 Å². The zero-order chi connectivity index (χ0) is 24.2. The Kier molecular flexibility index (Phi) is 7.70. The van der Waals surface area contributed by atoms with Crippen LogP contribution in [0.3, 0.4) is 0 Å². The van der Waals surface area contributed by atoms with Gasteiger partial charge in [0, 0.05) is 63.0 Å². The highest BCUT2D eigenvalue weighted by molar-refractivity contribution is 6.10. The summed E-state index contributed by atoms with van der Waals surface area (Å²) in [4.78, 5) is 28.4. The van der Waals surface area contributed by atoms with Gasteiger partial charge in [0.25, 0.3) is 12.4 Å². The van der Waals surface area contributed by atoms with Gasteiger partial charge < -0.3 is 24.7 Å². The SMILES string of the molecule is CN(C)c1ccc(C(=O)N2C[C@H]3C[C@@H](N4CCOCC4)[C@H](O)C[C@H]3C2)c2ccccc12.O=CO. The molecule has 0 radical (unpaired) electrons. The Labute approximate surface area is 200 Å². The van der Waals surface area contributed by atoms with Crippen molar-refractivity contribution in [1.82, 2.24) is 9.80 Å². The molecule has 2 heterocycles. The molecule has 3 fully saturated rings. The van der Waals surface area contributed by atoms with Gasteiger partial charge in [-0.2, -0.15) is 0 Å². The van der Waals surface area contributed by atoms with Crippen molar-refractivity contribution in [3.63, 3.8) is 0 Å². The smallest absolute Gasteiger partial charge is 0.290 e. The monoisotopic (exact) mass is 469 g/mol. The van der Waals surface area contributed by atoms with Crippen molar-refractivity contribution < 1.29 is 24.5 Å². The fourth-order valence-corrected chi connectivity index (χ4v) is 5.90. The molecule has 5 rings (SSSR count). The molecule has 0 spiro atoms. The van der Waals surface area contributed by atoms with Crippen molar-refractivity contribution in [2.75, 3.05) is 58.4 Å². The minimum atomic E-state index is -0.311. The fourth-order valence-electron chi connectivity index (χ4n) is 5.90. The zero-order valence-corrected chi connectivity index (χ0v) is 20.0. The molecule has 8 heteroatoms. The van der Waals surface area contributed by atoms with E-state index >= 15 is 0 Å². The molecule has 0 aromatic heterocycles. The predicted molar refractivity (Wildman–Crippen MR) is 131 cm³/mol. The standard InChI is InChI=1S/C25H33N3O3.CH2O2/c1-26(2)22-8-7-21(19-5-3-4-6-20(19)22)25(30)28-15-17-13-23(24(29)14-18(17)16-28)27-9-11-31-12-10-27;2-1-3/h3-8,17-18,23-24,29H,9-16H2,1-2H3;1H,(H,2,3)/t17-,18+,23-,24-;/m1./s1. The summed E-state index contributed by atoms with van der Waals surface area (Å²) >= 11 is 0. The lowest BCUT2D eigenvalue weighted by molar-refractivity contribution is -0.122. The molecule has 0 unspecified atom stereocenters. The van der Waals surface area contributed by atoms with E-state index < -0.39 is 0 Å². The summed E-state index contributed by atoms with van der Waals surface area (Å²) in [5, 5.41) is 19.9. The molecule has 0 bridgehead atoms. The summed E-state index contributed by atoms with van der Waals surface area (Å²) in [5.74, 6) is 0.976. The van der Waals surface area contributed by atoms with E-state index in [-0.39, 0.29) is 24.5 Å². The molecule has 3 aliphatic rings. The molecule has 8 nitrogen and oxygen atoms in total. The second kappa shape index (κ2) is 10.7. The predicted octanol–water partition coefficient (Wildman–Crippen LogP) is 2.15. The van der Waals surface area contributed by atoms with Gasteiger partial charge in [-0.05, 0) is 42.2 Å². The highest BCUT2D eigenvalue weighted by Crippen LogP contribution is 2.39. The number of carbonyl (C=O) groups excluding carboxylic acids is 1. The van der Waals surface area contributed by atoms with Gasteiger partial charge >= 0.3 is 0 Å². The Balaban J connectivity index is 0.000000868. The topological polar surface area (TPSA) is 93.6 Å². The van der Waals surface area contributed by atoms with E-state index in [0.29, 0.717) is 11.8 Å². The van der Waals surface area contributed by atoms with E-state index in [1.54, 1.807) is 0 Å². The van der Waals surface area contributed by atoms with E-state index in [2.05, 4.69) is 28.0 Å². The average Bonchev–Trinajstić information content (AvgIpc) is 3.26. The van der Waals surface area contributed by atoms with Crippen LogP contribution in [0.2, 0.25) is 0 Å². The summed E-state index contributed by atoms with van der Waals surface area (Å²) in [6.45, 7) is 4.58. The van der Waals surface area contributed by atoms with E-state index in [9.17, 15) is 9.90 Å². The number of carboxylic acid groups (broad SMARTS) is 1. The molecule has 2 N–H and O–H groups in total. The number of aliphatic hydroxyl groups excluding tert-OH is 1. The van der Waals surface area contributed by atoms with Gasteiger partial charge in [-0.3, -0.25) is 14.5 Å². The van der Waals surface area contributed by atoms with Crippen molar-refractivity contribution in [1.29, 1.82) is 0 Å². The molecule has 1 aliphatic carbocycles. The van der Waals surface area contributed by atoms with Gasteiger partial charge in [-0.1, -0.05) is 24.3 Å². The number of benzene rings is 2. The van der Waals surface area contributed by atoms with E-state index in [0.717, 1.165) is 74.3 Å². The Hall–Kier alpha value is -2.68. The van der Waals surface area contributed by atoms with E-state index in [4.69, 9.17) is 14.6 Å². The fraction of sp³-hybridized carbons (Fsp3) is 0.538. The Morgan fingerprint density at radius 2 is 1.65 bits per heavy atom. The van der Waals surface area contributed by atoms with Crippen molar-refractivity contribution in [2.45, 2.75) is 25.0 Å². The number of morpholine rings is 1. The lowest BCUT2D eigenvalue weighted by Gasteiger charge is -2.43. The third kappa shape index (κ3) is 4.89. The van der Waals surface area contributed by atoms with Crippen LogP contribution in [-0.2, 0) is 9.53 Å². The number of amides is 1. The largest absolute Gasteiger partial charge is 0.483 e. The molecule has 2 aliphatic heterocycles. The van der Waals surface area contributed by atoms with Crippen LogP contribution in [0.4, 0.5) is 5.69 Å². The van der Waals surface area contributed by atoms with Crippen LogP contribution in [0, 0.1) is 11.8 Å². The number of hydrogen-bond acceptors (Lipinski definition) is 6. The lowest BCUT2D eigenvalue weighted by Crippen LogP contribution is -2.53. The molecule has 34 heavy (non-hydrogen) atoms. The van der Waals surface area contributed by atoms with Gasteiger partial charge in [0.05, 0.1) is 19.3 Å². The molecule has 4 atom stereocenters. The molecule has 2 aromatic rings. The molecule has 2 aromatic carbocycles. The number of rotatable bonds is 3. The van der Waals surface area contributed by atoms with Gasteiger partial charge in [-0.25, -0.2) is 0 Å². The van der Waals surface area contributed by atoms with E-state index in [1.807, 2.05) is 37.2 Å². The van der Waals surface area contributed by atoms with Gasteiger partial charge in [0.2, 0.25) is 0 Å². The second-order valence-electron chi connectivity index (χ2n) is 9.66. The highest BCUT2D eigenvalue weighted by Gasteiger charge is 2.45. The third-order valence-electron chi connectivity index (χ3n) is 7.52. The summed E-state index contributed by atoms with van der Waals surface area (Å²) in [7, 11) is 4.06. The van der Waals surface area contributed by atoms with Crippen LogP contribution >= 0.6 is 0 Å². The number of aliphatic hydroxyl groups is 1. The summed E-state index contributed by atoms with van der Waals surface area (Å²) in [6, 6.07) is 12.4. The summed E-state index contributed by atoms with van der Waals surface area (Å²) in [5.41, 5.74) is 1.91. The van der Waals surface area contributed by atoms with Crippen molar-refractivity contribution in [2.24, 2.45) is 11.8 Å². The number of anilines is 1. The summed E-state index contributed by atoms with van der Waals surface area (Å²) < 4.78 is 5.49. The quantitative estimate of drug-likeness (QED) is 0.666. The number of nitrogens with zero attached hydrogens (tertiary/aromatic N) is 3. The maximum atomic E-state index is 13.6. The van der Waals surface area contributed by atoms with Gasteiger partial charge in [-0.15, -0.1) is 0 Å². The van der Waals surface area contributed by atoms with Crippen LogP contribution in [0.1, 0.15) is 23.2 Å². The first-order valence-corrected chi connectivity index (χ1v) is 12.0. The van der Waals surface area contributed by atoms with Crippen LogP contribution in [0.5, 0.6) is 0 Å². The highest BCUT2D eigenvalue weighted by atomic mass is 16.5. The number of hydrogen-bond donors (Lipinski definition) is 2. The number of ether oxygens (including phenoxy) is 1. The van der Waals surface area contributed by atoms with Crippen molar-refractivity contribution in [3.8, 4) is 0 Å². The second-order valence-corrected chi connectivity index (χ2v) is 9.66.